The molecule has 0 unspecified atom stereocenters. The number of nitrogen functional groups attached to an aromatic ring is 1. The molecule has 0 radical (unpaired) electrons. The molecule has 0 aliphatic heterocycles. The SMILES string of the molecule is CCOC(=O)c1nc(CC)n(CCCOC)c1N. The van der Waals surface area contributed by atoms with E-state index in [4.69, 9.17) is 15.2 Å². The van der Waals surface area contributed by atoms with Crippen molar-refractivity contribution in [1.29, 1.82) is 0 Å². The first-order valence-corrected chi connectivity index (χ1v) is 6.16. The summed E-state index contributed by atoms with van der Waals surface area (Å²) < 4.78 is 11.8. The number of hydrogen-bond acceptors (Lipinski definition) is 5. The molecule has 0 aromatic carbocycles. The van der Waals surface area contributed by atoms with E-state index >= 15 is 0 Å². The molecule has 0 amide bonds. The summed E-state index contributed by atoms with van der Waals surface area (Å²) in [6.07, 6.45) is 1.54. The number of rotatable bonds is 7. The molecule has 0 atom stereocenters. The molecule has 1 heterocycles. The van der Waals surface area contributed by atoms with Crippen LogP contribution in [0.4, 0.5) is 5.82 Å². The van der Waals surface area contributed by atoms with Gasteiger partial charge in [0.1, 0.15) is 11.6 Å². The number of imidazole rings is 1. The van der Waals surface area contributed by atoms with Crippen LogP contribution < -0.4 is 5.73 Å². The smallest absolute Gasteiger partial charge is 0.360 e. The molecule has 1 aromatic heterocycles. The van der Waals surface area contributed by atoms with Crippen LogP contribution in [0.15, 0.2) is 0 Å². The largest absolute Gasteiger partial charge is 0.461 e. The number of methoxy groups -OCH3 is 1. The lowest BCUT2D eigenvalue weighted by molar-refractivity contribution is 0.0521. The third kappa shape index (κ3) is 3.22. The number of carbonyl (C=O) groups excluding carboxylic acids is 1. The minimum atomic E-state index is -0.463. The summed E-state index contributed by atoms with van der Waals surface area (Å²) in [6, 6.07) is 0. The predicted octanol–water partition coefficient (Wildman–Crippen LogP) is 1.24. The van der Waals surface area contributed by atoms with E-state index in [2.05, 4.69) is 4.98 Å². The average Bonchev–Trinajstić information content (AvgIpc) is 2.67. The fourth-order valence-corrected chi connectivity index (χ4v) is 1.75. The number of nitrogens with two attached hydrogens (primary N) is 1. The Labute approximate surface area is 107 Å². The maximum Gasteiger partial charge on any atom is 0.360 e. The highest BCUT2D eigenvalue weighted by Crippen LogP contribution is 2.17. The topological polar surface area (TPSA) is 79.4 Å². The molecule has 0 fully saturated rings. The number of anilines is 1. The Morgan fingerprint density at radius 1 is 1.44 bits per heavy atom. The van der Waals surface area contributed by atoms with Crippen LogP contribution in [0, 0.1) is 0 Å². The first-order valence-electron chi connectivity index (χ1n) is 6.16. The summed E-state index contributed by atoms with van der Waals surface area (Å²) >= 11 is 0. The zero-order valence-corrected chi connectivity index (χ0v) is 11.2. The second kappa shape index (κ2) is 7.00. The lowest BCUT2D eigenvalue weighted by Gasteiger charge is -2.08. The van der Waals surface area contributed by atoms with Crippen LogP contribution in [0.2, 0.25) is 0 Å². The van der Waals surface area contributed by atoms with Gasteiger partial charge in [0.2, 0.25) is 0 Å². The molecule has 0 aliphatic carbocycles. The Hall–Kier alpha value is -1.56. The summed E-state index contributed by atoms with van der Waals surface area (Å²) in [5.41, 5.74) is 6.17. The van der Waals surface area contributed by atoms with Gasteiger partial charge in [-0.3, -0.25) is 0 Å². The zero-order valence-electron chi connectivity index (χ0n) is 11.2. The van der Waals surface area contributed by atoms with E-state index in [1.165, 1.54) is 0 Å². The third-order valence-corrected chi connectivity index (χ3v) is 2.60. The molecule has 6 heteroatoms. The van der Waals surface area contributed by atoms with Gasteiger partial charge in [0.25, 0.3) is 0 Å². The highest BCUT2D eigenvalue weighted by Gasteiger charge is 2.20. The molecular formula is C12H21N3O3. The van der Waals surface area contributed by atoms with Crippen LogP contribution in [0.3, 0.4) is 0 Å². The maximum atomic E-state index is 11.7. The van der Waals surface area contributed by atoms with Crippen molar-refractivity contribution in [3.8, 4) is 0 Å². The van der Waals surface area contributed by atoms with Gasteiger partial charge in [0, 0.05) is 26.7 Å². The van der Waals surface area contributed by atoms with Crippen molar-refractivity contribution >= 4 is 11.8 Å². The lowest BCUT2D eigenvalue weighted by Crippen LogP contribution is -2.11. The molecule has 2 N–H and O–H groups in total. The molecule has 1 aromatic rings. The Morgan fingerprint density at radius 3 is 2.72 bits per heavy atom. The van der Waals surface area contributed by atoms with E-state index in [-0.39, 0.29) is 5.69 Å². The molecule has 0 spiro atoms. The van der Waals surface area contributed by atoms with E-state index in [0.717, 1.165) is 18.7 Å². The molecule has 1 rings (SSSR count). The van der Waals surface area contributed by atoms with Crippen molar-refractivity contribution in [1.82, 2.24) is 9.55 Å². The lowest BCUT2D eigenvalue weighted by atomic mass is 10.4. The number of aromatic nitrogens is 2. The van der Waals surface area contributed by atoms with Crippen LogP contribution in [-0.4, -0.2) is 35.8 Å². The second-order valence-corrected chi connectivity index (χ2v) is 3.83. The van der Waals surface area contributed by atoms with Crippen LogP contribution in [0.5, 0.6) is 0 Å². The fraction of sp³-hybridized carbons (Fsp3) is 0.667. The molecular weight excluding hydrogens is 234 g/mol. The third-order valence-electron chi connectivity index (χ3n) is 2.60. The van der Waals surface area contributed by atoms with Gasteiger partial charge in [-0.1, -0.05) is 6.92 Å². The standard InChI is InChI=1S/C12H21N3O3/c1-4-9-14-10(12(16)18-5-2)11(13)15(9)7-6-8-17-3/h4-8,13H2,1-3H3. The van der Waals surface area contributed by atoms with Crippen LogP contribution in [0.25, 0.3) is 0 Å². The number of nitrogens with zero attached hydrogens (tertiary/aromatic N) is 2. The second-order valence-electron chi connectivity index (χ2n) is 3.83. The number of ether oxygens (including phenoxy) is 2. The molecule has 102 valence electrons. The van der Waals surface area contributed by atoms with Gasteiger partial charge >= 0.3 is 5.97 Å². The van der Waals surface area contributed by atoms with Crippen molar-refractivity contribution in [2.24, 2.45) is 0 Å². The Bertz CT molecular complexity index is 402. The van der Waals surface area contributed by atoms with Gasteiger partial charge in [-0.05, 0) is 13.3 Å². The van der Waals surface area contributed by atoms with Crippen LogP contribution >= 0.6 is 0 Å². The Morgan fingerprint density at radius 2 is 2.17 bits per heavy atom. The average molecular weight is 255 g/mol. The summed E-state index contributed by atoms with van der Waals surface area (Å²) in [5.74, 6) is 0.711. The fourth-order valence-electron chi connectivity index (χ4n) is 1.75. The molecule has 18 heavy (non-hydrogen) atoms. The maximum absolute atomic E-state index is 11.7. The van der Waals surface area contributed by atoms with Crippen LogP contribution in [0.1, 0.15) is 36.6 Å². The number of hydrogen-bond donors (Lipinski definition) is 1. The monoisotopic (exact) mass is 255 g/mol. The minimum absolute atomic E-state index is 0.214. The summed E-state index contributed by atoms with van der Waals surface area (Å²) in [7, 11) is 1.65. The van der Waals surface area contributed by atoms with Gasteiger partial charge in [-0.25, -0.2) is 9.78 Å². The van der Waals surface area contributed by atoms with Crippen molar-refractivity contribution in [3.63, 3.8) is 0 Å². The van der Waals surface area contributed by atoms with E-state index in [0.29, 0.717) is 25.6 Å². The molecule has 0 bridgehead atoms. The van der Waals surface area contributed by atoms with Crippen LogP contribution in [-0.2, 0) is 22.4 Å². The van der Waals surface area contributed by atoms with Gasteiger partial charge in [0.15, 0.2) is 5.69 Å². The molecule has 0 saturated heterocycles. The summed E-state index contributed by atoms with van der Waals surface area (Å²) in [6.45, 7) is 5.38. The predicted molar refractivity (Wildman–Crippen MR) is 68.5 cm³/mol. The minimum Gasteiger partial charge on any atom is -0.461 e. The van der Waals surface area contributed by atoms with E-state index < -0.39 is 5.97 Å². The first kappa shape index (κ1) is 14.5. The van der Waals surface area contributed by atoms with Gasteiger partial charge in [-0.2, -0.15) is 0 Å². The Balaban J connectivity index is 2.91. The highest BCUT2D eigenvalue weighted by molar-refractivity contribution is 5.92. The molecule has 0 aliphatic rings. The molecule has 6 nitrogen and oxygen atoms in total. The van der Waals surface area contributed by atoms with E-state index in [1.54, 1.807) is 14.0 Å². The quantitative estimate of drug-likeness (QED) is 0.585. The zero-order chi connectivity index (χ0) is 13.5. The van der Waals surface area contributed by atoms with Crippen molar-refractivity contribution < 1.29 is 14.3 Å². The number of esters is 1. The highest BCUT2D eigenvalue weighted by atomic mass is 16.5. The van der Waals surface area contributed by atoms with Crippen molar-refractivity contribution in [3.05, 3.63) is 11.5 Å². The number of carbonyl (C=O) groups is 1. The summed E-state index contributed by atoms with van der Waals surface area (Å²) in [4.78, 5) is 15.9. The van der Waals surface area contributed by atoms with E-state index in [1.807, 2.05) is 11.5 Å². The first-order chi connectivity index (χ1) is 8.65. The van der Waals surface area contributed by atoms with E-state index in [9.17, 15) is 4.79 Å². The van der Waals surface area contributed by atoms with Gasteiger partial charge in [0.05, 0.1) is 6.61 Å². The van der Waals surface area contributed by atoms with Gasteiger partial charge < -0.3 is 19.8 Å². The number of aryl methyl sites for hydroxylation is 1. The normalized spacial score (nSPS) is 10.6. The summed E-state index contributed by atoms with van der Waals surface area (Å²) in [5, 5.41) is 0. The van der Waals surface area contributed by atoms with Gasteiger partial charge in [-0.15, -0.1) is 0 Å². The Kier molecular flexibility index (Phi) is 5.64. The molecule has 0 saturated carbocycles. The van der Waals surface area contributed by atoms with Crippen molar-refractivity contribution in [2.45, 2.75) is 33.2 Å². The van der Waals surface area contributed by atoms with Crippen molar-refractivity contribution in [2.75, 3.05) is 26.1 Å².